The highest BCUT2D eigenvalue weighted by atomic mass is 127. The molecule has 1 aliphatic heterocycles. The second kappa shape index (κ2) is 11.3. The van der Waals surface area contributed by atoms with Crippen molar-refractivity contribution >= 4 is 35.8 Å². The Balaban J connectivity index is 0.00000300. The molecule has 1 aliphatic rings. The van der Waals surface area contributed by atoms with E-state index in [4.69, 9.17) is 4.74 Å². The first-order chi connectivity index (χ1) is 13.6. The number of hydrogen-bond acceptors (Lipinski definition) is 5. The highest BCUT2D eigenvalue weighted by Crippen LogP contribution is 2.21. The topological polar surface area (TPSA) is 70.8 Å². The van der Waals surface area contributed by atoms with Gasteiger partial charge in [-0.25, -0.2) is 4.98 Å². The van der Waals surface area contributed by atoms with E-state index in [1.807, 2.05) is 32.7 Å². The molecule has 1 N–H and O–H groups in total. The van der Waals surface area contributed by atoms with Crippen LogP contribution in [0.3, 0.4) is 0 Å². The quantitative estimate of drug-likeness (QED) is 0.364. The molecule has 0 aliphatic carbocycles. The molecule has 1 atom stereocenters. The summed E-state index contributed by atoms with van der Waals surface area (Å²) in [5.41, 5.74) is 2.23. The minimum absolute atomic E-state index is 0. The van der Waals surface area contributed by atoms with E-state index in [1.54, 1.807) is 4.68 Å². The maximum absolute atomic E-state index is 5.93. The Morgan fingerprint density at radius 1 is 1.31 bits per heavy atom. The molecule has 3 heterocycles. The van der Waals surface area contributed by atoms with Crippen molar-refractivity contribution in [3.8, 4) is 0 Å². The Kier molecular flexibility index (Phi) is 9.15. The standard InChI is InChI=1S/C20H31N7O.HI/c1-5-26(6-2)19-8-7-16(11-22-19)12-23-20(21-3)27-9-10-28-18(15-27)17-13-24-25(4)14-17;/h7-8,11,13-14,18H,5-6,9-10,12,15H2,1-4H3,(H,21,23);1H. The van der Waals surface area contributed by atoms with Crippen LogP contribution in [0.25, 0.3) is 0 Å². The van der Waals surface area contributed by atoms with Crippen molar-refractivity contribution in [1.82, 2.24) is 25.0 Å². The molecule has 29 heavy (non-hydrogen) atoms. The lowest BCUT2D eigenvalue weighted by Crippen LogP contribution is -2.47. The van der Waals surface area contributed by atoms with Crippen LogP contribution in [0.5, 0.6) is 0 Å². The van der Waals surface area contributed by atoms with Gasteiger partial charge >= 0.3 is 0 Å². The van der Waals surface area contributed by atoms with Crippen molar-refractivity contribution in [3.63, 3.8) is 0 Å². The van der Waals surface area contributed by atoms with E-state index in [0.717, 1.165) is 49.1 Å². The van der Waals surface area contributed by atoms with Crippen LogP contribution in [0.15, 0.2) is 35.7 Å². The van der Waals surface area contributed by atoms with E-state index in [0.29, 0.717) is 13.2 Å². The minimum atomic E-state index is 0. The van der Waals surface area contributed by atoms with E-state index < -0.39 is 0 Å². The number of nitrogens with one attached hydrogen (secondary N) is 1. The number of anilines is 1. The second-order valence-electron chi connectivity index (χ2n) is 6.85. The van der Waals surface area contributed by atoms with Crippen molar-refractivity contribution < 1.29 is 4.74 Å². The van der Waals surface area contributed by atoms with Gasteiger partial charge in [-0.15, -0.1) is 24.0 Å². The molecule has 1 saturated heterocycles. The Labute approximate surface area is 190 Å². The van der Waals surface area contributed by atoms with Crippen LogP contribution in [-0.2, 0) is 18.3 Å². The van der Waals surface area contributed by atoms with E-state index in [2.05, 4.69) is 56.2 Å². The molecule has 9 heteroatoms. The first kappa shape index (κ1) is 23.4. The van der Waals surface area contributed by atoms with Crippen molar-refractivity contribution in [3.05, 3.63) is 41.9 Å². The van der Waals surface area contributed by atoms with E-state index in [9.17, 15) is 0 Å². The molecular weight excluding hydrogens is 481 g/mol. The van der Waals surface area contributed by atoms with Crippen LogP contribution in [0.2, 0.25) is 0 Å². The molecule has 0 radical (unpaired) electrons. The van der Waals surface area contributed by atoms with Crippen LogP contribution in [-0.4, -0.2) is 65.5 Å². The van der Waals surface area contributed by atoms with E-state index >= 15 is 0 Å². The lowest BCUT2D eigenvalue weighted by Gasteiger charge is -2.34. The van der Waals surface area contributed by atoms with Gasteiger partial charge in [-0.3, -0.25) is 9.67 Å². The van der Waals surface area contributed by atoms with Crippen LogP contribution in [0.1, 0.15) is 31.1 Å². The molecular formula is C20H32IN7O. The van der Waals surface area contributed by atoms with Crippen LogP contribution >= 0.6 is 24.0 Å². The predicted molar refractivity (Wildman–Crippen MR) is 127 cm³/mol. The number of aliphatic imine (C=N–C) groups is 1. The monoisotopic (exact) mass is 513 g/mol. The summed E-state index contributed by atoms with van der Waals surface area (Å²) in [6, 6.07) is 4.21. The molecule has 0 aromatic carbocycles. The van der Waals surface area contributed by atoms with Crippen molar-refractivity contribution in [2.75, 3.05) is 44.7 Å². The molecule has 1 unspecified atom stereocenters. The molecule has 0 spiro atoms. The van der Waals surface area contributed by atoms with Crippen LogP contribution in [0.4, 0.5) is 5.82 Å². The second-order valence-corrected chi connectivity index (χ2v) is 6.85. The summed E-state index contributed by atoms with van der Waals surface area (Å²) in [5.74, 6) is 1.90. The summed E-state index contributed by atoms with van der Waals surface area (Å²) >= 11 is 0. The van der Waals surface area contributed by atoms with Crippen molar-refractivity contribution in [2.45, 2.75) is 26.5 Å². The molecule has 0 bridgehead atoms. The maximum Gasteiger partial charge on any atom is 0.194 e. The lowest BCUT2D eigenvalue weighted by molar-refractivity contribution is -0.00805. The highest BCUT2D eigenvalue weighted by Gasteiger charge is 2.25. The summed E-state index contributed by atoms with van der Waals surface area (Å²) in [7, 11) is 3.74. The van der Waals surface area contributed by atoms with Gasteiger partial charge in [0.25, 0.3) is 0 Å². The fourth-order valence-electron chi connectivity index (χ4n) is 3.42. The third kappa shape index (κ3) is 6.05. The molecule has 160 valence electrons. The SMILES string of the molecule is CCN(CC)c1ccc(CNC(=NC)N2CCOC(c3cnn(C)c3)C2)cn1.I. The Morgan fingerprint density at radius 3 is 2.69 bits per heavy atom. The average molecular weight is 513 g/mol. The third-order valence-corrected chi connectivity index (χ3v) is 5.02. The summed E-state index contributed by atoms with van der Waals surface area (Å²) in [5, 5.41) is 7.71. The van der Waals surface area contributed by atoms with Gasteiger partial charge in [0.15, 0.2) is 5.96 Å². The van der Waals surface area contributed by atoms with Gasteiger partial charge in [0.1, 0.15) is 11.9 Å². The summed E-state index contributed by atoms with van der Waals surface area (Å²) in [4.78, 5) is 13.5. The van der Waals surface area contributed by atoms with Crippen molar-refractivity contribution in [1.29, 1.82) is 0 Å². The van der Waals surface area contributed by atoms with Gasteiger partial charge in [0, 0.05) is 58.2 Å². The molecule has 2 aromatic rings. The number of guanidine groups is 1. The van der Waals surface area contributed by atoms with Gasteiger partial charge in [-0.2, -0.15) is 5.10 Å². The van der Waals surface area contributed by atoms with Gasteiger partial charge in [-0.05, 0) is 25.5 Å². The number of rotatable bonds is 6. The number of nitrogens with zero attached hydrogens (tertiary/aromatic N) is 6. The number of aryl methyl sites for hydroxylation is 1. The average Bonchev–Trinajstić information content (AvgIpc) is 3.17. The molecule has 0 saturated carbocycles. The highest BCUT2D eigenvalue weighted by molar-refractivity contribution is 14.0. The number of hydrogen-bond donors (Lipinski definition) is 1. The first-order valence-corrected chi connectivity index (χ1v) is 9.90. The number of halogens is 1. The van der Waals surface area contributed by atoms with Gasteiger partial charge in [0.2, 0.25) is 0 Å². The minimum Gasteiger partial charge on any atom is -0.370 e. The molecule has 8 nitrogen and oxygen atoms in total. The lowest BCUT2D eigenvalue weighted by atomic mass is 10.1. The summed E-state index contributed by atoms with van der Waals surface area (Å²) in [6.45, 7) is 9.14. The zero-order valence-electron chi connectivity index (χ0n) is 17.7. The van der Waals surface area contributed by atoms with Gasteiger partial charge in [0.05, 0.1) is 19.3 Å². The normalized spacial score (nSPS) is 17.0. The van der Waals surface area contributed by atoms with Crippen LogP contribution in [0, 0.1) is 0 Å². The summed E-state index contributed by atoms with van der Waals surface area (Å²) in [6.07, 6.45) is 5.82. The molecule has 3 rings (SSSR count). The molecule has 2 aromatic heterocycles. The fourth-order valence-corrected chi connectivity index (χ4v) is 3.42. The molecule has 1 fully saturated rings. The number of aromatic nitrogens is 3. The van der Waals surface area contributed by atoms with Gasteiger partial charge in [-0.1, -0.05) is 6.07 Å². The summed E-state index contributed by atoms with van der Waals surface area (Å²) < 4.78 is 7.73. The van der Waals surface area contributed by atoms with Crippen molar-refractivity contribution in [2.24, 2.45) is 12.0 Å². The number of pyridine rings is 1. The largest absolute Gasteiger partial charge is 0.370 e. The third-order valence-electron chi connectivity index (χ3n) is 5.02. The maximum atomic E-state index is 5.93. The van der Waals surface area contributed by atoms with E-state index in [-0.39, 0.29) is 30.1 Å². The Bertz CT molecular complexity index is 773. The zero-order chi connectivity index (χ0) is 19.9. The van der Waals surface area contributed by atoms with Crippen LogP contribution < -0.4 is 10.2 Å². The zero-order valence-corrected chi connectivity index (χ0v) is 20.0. The number of ether oxygens (including phenoxy) is 1. The molecule has 0 amide bonds. The number of morpholine rings is 1. The fraction of sp³-hybridized carbons (Fsp3) is 0.550. The van der Waals surface area contributed by atoms with Gasteiger partial charge < -0.3 is 19.9 Å². The first-order valence-electron chi connectivity index (χ1n) is 9.90. The Morgan fingerprint density at radius 2 is 2.10 bits per heavy atom. The Hall–Kier alpha value is -1.88. The predicted octanol–water partition coefficient (Wildman–Crippen LogP) is 2.43. The smallest absolute Gasteiger partial charge is 0.194 e. The van der Waals surface area contributed by atoms with E-state index in [1.165, 1.54) is 0 Å².